The Morgan fingerprint density at radius 1 is 1.20 bits per heavy atom. The number of piperazine rings is 1. The van der Waals surface area contributed by atoms with Crippen LogP contribution in [0.25, 0.3) is 0 Å². The zero-order chi connectivity index (χ0) is 13.2. The first-order valence-corrected chi connectivity index (χ1v) is 6.61. The second kappa shape index (κ2) is 6.24. The fraction of sp³-hybridized carbons (Fsp3) is 0.429. The average Bonchev–Trinajstić information content (AvgIpc) is 2.37. The van der Waals surface area contributed by atoms with E-state index < -0.39 is 6.04 Å². The van der Waals surface area contributed by atoms with Crippen LogP contribution in [-0.2, 0) is 9.59 Å². The predicted molar refractivity (Wildman–Crippen MR) is 77.5 cm³/mol. The number of nitrogens with one attached hydrogen (secondary N) is 2. The first-order chi connectivity index (χ1) is 9.27. The summed E-state index contributed by atoms with van der Waals surface area (Å²) in [7, 11) is 0. The maximum absolute atomic E-state index is 12.4. The average molecular weight is 296 g/mol. The third-order valence-corrected chi connectivity index (χ3v) is 3.74. The Balaban J connectivity index is 0.00000147. The van der Waals surface area contributed by atoms with Gasteiger partial charge in [0.15, 0.2) is 0 Å². The van der Waals surface area contributed by atoms with Gasteiger partial charge in [-0.1, -0.05) is 30.3 Å². The van der Waals surface area contributed by atoms with Crippen molar-refractivity contribution in [2.75, 3.05) is 26.2 Å². The van der Waals surface area contributed by atoms with Crippen LogP contribution in [0.4, 0.5) is 0 Å². The number of nitrogens with zero attached hydrogens (tertiary/aromatic N) is 1. The molecule has 2 amide bonds. The molecule has 5 nitrogen and oxygen atoms in total. The summed E-state index contributed by atoms with van der Waals surface area (Å²) < 4.78 is 0. The molecule has 0 saturated carbocycles. The van der Waals surface area contributed by atoms with E-state index in [1.54, 1.807) is 4.90 Å². The minimum atomic E-state index is -0.483. The summed E-state index contributed by atoms with van der Waals surface area (Å²) in [5.74, 6) is 0.0256. The molecule has 0 aromatic heterocycles. The smallest absolute Gasteiger partial charge is 0.247 e. The van der Waals surface area contributed by atoms with Crippen LogP contribution in [0.3, 0.4) is 0 Å². The molecule has 3 rings (SSSR count). The summed E-state index contributed by atoms with van der Waals surface area (Å²) in [6, 6.07) is 9.01. The van der Waals surface area contributed by atoms with Crippen LogP contribution in [0.15, 0.2) is 30.3 Å². The van der Waals surface area contributed by atoms with Crippen molar-refractivity contribution in [3.63, 3.8) is 0 Å². The van der Waals surface area contributed by atoms with Crippen molar-refractivity contribution in [3.05, 3.63) is 35.9 Å². The molecule has 2 aliphatic rings. The molecule has 2 heterocycles. The number of carbonyl (C=O) groups is 2. The second-order valence-corrected chi connectivity index (χ2v) is 4.99. The zero-order valence-electron chi connectivity index (χ0n) is 11.0. The molecule has 2 aliphatic heterocycles. The standard InChI is InChI=1S/C14H17N3O2.ClH/c18-13-12(10-4-2-1-3-5-10)17(7-6-16-13)14(19)11-8-15-9-11;/h1-5,11-12,15H,6-9H2,(H,16,18);1H. The van der Waals surface area contributed by atoms with E-state index in [0.29, 0.717) is 13.1 Å². The van der Waals surface area contributed by atoms with Crippen LogP contribution in [0, 0.1) is 5.92 Å². The molecule has 6 heteroatoms. The molecule has 108 valence electrons. The predicted octanol–water partition coefficient (Wildman–Crippen LogP) is 0.327. The highest BCUT2D eigenvalue weighted by molar-refractivity contribution is 5.91. The molecule has 0 radical (unpaired) electrons. The summed E-state index contributed by atoms with van der Waals surface area (Å²) in [5, 5.41) is 5.94. The van der Waals surface area contributed by atoms with Crippen molar-refractivity contribution < 1.29 is 9.59 Å². The van der Waals surface area contributed by atoms with Gasteiger partial charge in [-0.05, 0) is 5.56 Å². The number of halogens is 1. The fourth-order valence-corrected chi connectivity index (χ4v) is 2.57. The van der Waals surface area contributed by atoms with Gasteiger partial charge in [0.2, 0.25) is 11.8 Å². The Bertz CT molecular complexity index is 490. The number of hydrogen-bond donors (Lipinski definition) is 2. The first kappa shape index (κ1) is 14.8. The summed E-state index contributed by atoms with van der Waals surface area (Å²) in [4.78, 5) is 26.3. The number of carbonyl (C=O) groups excluding carboxylic acids is 2. The maximum Gasteiger partial charge on any atom is 0.247 e. The van der Waals surface area contributed by atoms with E-state index in [0.717, 1.165) is 18.7 Å². The van der Waals surface area contributed by atoms with Gasteiger partial charge < -0.3 is 15.5 Å². The van der Waals surface area contributed by atoms with Crippen LogP contribution in [0.5, 0.6) is 0 Å². The highest BCUT2D eigenvalue weighted by Gasteiger charge is 2.38. The Morgan fingerprint density at radius 3 is 2.50 bits per heavy atom. The third kappa shape index (κ3) is 2.64. The molecule has 2 saturated heterocycles. The fourth-order valence-electron chi connectivity index (χ4n) is 2.57. The second-order valence-electron chi connectivity index (χ2n) is 4.99. The van der Waals surface area contributed by atoms with Crippen molar-refractivity contribution in [1.29, 1.82) is 0 Å². The Hall–Kier alpha value is -1.59. The van der Waals surface area contributed by atoms with Gasteiger partial charge in [0.25, 0.3) is 0 Å². The molecule has 0 bridgehead atoms. The van der Waals surface area contributed by atoms with Crippen LogP contribution >= 0.6 is 12.4 Å². The van der Waals surface area contributed by atoms with E-state index in [9.17, 15) is 9.59 Å². The largest absolute Gasteiger partial charge is 0.352 e. The molecule has 0 spiro atoms. The zero-order valence-corrected chi connectivity index (χ0v) is 11.9. The Kier molecular flexibility index (Phi) is 4.62. The molecule has 1 aromatic rings. The van der Waals surface area contributed by atoms with Crippen LogP contribution in [0.2, 0.25) is 0 Å². The quantitative estimate of drug-likeness (QED) is 0.826. The van der Waals surface area contributed by atoms with Crippen LogP contribution < -0.4 is 10.6 Å². The SMILES string of the molecule is Cl.O=C1NCCN(C(=O)C2CNC2)C1c1ccccc1. The molecule has 0 aliphatic carbocycles. The minimum Gasteiger partial charge on any atom is -0.352 e. The third-order valence-electron chi connectivity index (χ3n) is 3.74. The van der Waals surface area contributed by atoms with Crippen molar-refractivity contribution in [2.24, 2.45) is 5.92 Å². The van der Waals surface area contributed by atoms with E-state index >= 15 is 0 Å². The summed E-state index contributed by atoms with van der Waals surface area (Å²) in [6.07, 6.45) is 0. The maximum atomic E-state index is 12.4. The van der Waals surface area contributed by atoms with Gasteiger partial charge in [-0.15, -0.1) is 12.4 Å². The van der Waals surface area contributed by atoms with Gasteiger partial charge >= 0.3 is 0 Å². The lowest BCUT2D eigenvalue weighted by Crippen LogP contribution is -2.58. The molecule has 1 atom stereocenters. The van der Waals surface area contributed by atoms with Crippen molar-refractivity contribution in [2.45, 2.75) is 6.04 Å². The lowest BCUT2D eigenvalue weighted by Gasteiger charge is -2.39. The molecule has 2 N–H and O–H groups in total. The van der Waals surface area contributed by atoms with Crippen molar-refractivity contribution in [3.8, 4) is 0 Å². The van der Waals surface area contributed by atoms with Crippen LogP contribution in [-0.4, -0.2) is 42.9 Å². The van der Waals surface area contributed by atoms with Gasteiger partial charge in [0, 0.05) is 26.2 Å². The van der Waals surface area contributed by atoms with Gasteiger partial charge in [-0.25, -0.2) is 0 Å². The van der Waals surface area contributed by atoms with E-state index in [1.165, 1.54) is 0 Å². The van der Waals surface area contributed by atoms with Gasteiger partial charge in [-0.2, -0.15) is 0 Å². The summed E-state index contributed by atoms with van der Waals surface area (Å²) in [5.41, 5.74) is 0.875. The molecular weight excluding hydrogens is 278 g/mol. The van der Waals surface area contributed by atoms with E-state index in [2.05, 4.69) is 10.6 Å². The van der Waals surface area contributed by atoms with E-state index in [1.807, 2.05) is 30.3 Å². The van der Waals surface area contributed by atoms with Gasteiger partial charge in [-0.3, -0.25) is 9.59 Å². The van der Waals surface area contributed by atoms with Crippen molar-refractivity contribution in [1.82, 2.24) is 15.5 Å². The topological polar surface area (TPSA) is 61.4 Å². The number of benzene rings is 1. The highest BCUT2D eigenvalue weighted by atomic mass is 35.5. The molecule has 20 heavy (non-hydrogen) atoms. The minimum absolute atomic E-state index is 0. The van der Waals surface area contributed by atoms with Crippen LogP contribution in [0.1, 0.15) is 11.6 Å². The first-order valence-electron chi connectivity index (χ1n) is 6.61. The molecule has 2 fully saturated rings. The van der Waals surface area contributed by atoms with E-state index in [4.69, 9.17) is 0 Å². The molecule has 1 unspecified atom stereocenters. The lowest BCUT2D eigenvalue weighted by atomic mass is 9.97. The number of amides is 2. The van der Waals surface area contributed by atoms with Gasteiger partial charge in [0.05, 0.1) is 5.92 Å². The van der Waals surface area contributed by atoms with E-state index in [-0.39, 0.29) is 30.1 Å². The molecular formula is C14H18ClN3O2. The highest BCUT2D eigenvalue weighted by Crippen LogP contribution is 2.25. The Labute approximate surface area is 124 Å². The normalized spacial score (nSPS) is 22.5. The monoisotopic (exact) mass is 295 g/mol. The Morgan fingerprint density at radius 2 is 1.90 bits per heavy atom. The number of rotatable bonds is 2. The molecule has 1 aromatic carbocycles. The van der Waals surface area contributed by atoms with Gasteiger partial charge in [0.1, 0.15) is 6.04 Å². The lowest BCUT2D eigenvalue weighted by molar-refractivity contribution is -0.147. The summed E-state index contributed by atoms with van der Waals surface area (Å²) >= 11 is 0. The van der Waals surface area contributed by atoms with Crippen molar-refractivity contribution >= 4 is 24.2 Å². The number of hydrogen-bond acceptors (Lipinski definition) is 3. The summed E-state index contributed by atoms with van der Waals surface area (Å²) in [6.45, 7) is 2.56.